The van der Waals surface area contributed by atoms with E-state index in [0.717, 1.165) is 38.1 Å². The first-order chi connectivity index (χ1) is 9.75. The summed E-state index contributed by atoms with van der Waals surface area (Å²) in [5, 5.41) is 2.09. The van der Waals surface area contributed by atoms with Crippen LogP contribution in [-0.2, 0) is 16.0 Å². The van der Waals surface area contributed by atoms with Crippen molar-refractivity contribution in [3.8, 4) is 0 Å². The zero-order chi connectivity index (χ0) is 13.9. The number of para-hydroxylation sites is 1. The Bertz CT molecular complexity index is 483. The second kappa shape index (κ2) is 5.94. The average Bonchev–Trinajstić information content (AvgIpc) is 3.04. The number of fused-ring (bicyclic) bond motifs is 1. The molecule has 2 heterocycles. The first-order valence-electron chi connectivity index (χ1n) is 7.59. The molecule has 2 N–H and O–H groups in total. The van der Waals surface area contributed by atoms with E-state index in [1.807, 2.05) is 17.0 Å². The molecule has 1 aromatic carbocycles. The van der Waals surface area contributed by atoms with Gasteiger partial charge in [-0.2, -0.15) is 0 Å². The normalized spacial score (nSPS) is 24.9. The van der Waals surface area contributed by atoms with Crippen molar-refractivity contribution in [2.24, 2.45) is 0 Å². The molecule has 1 aromatic rings. The van der Waals surface area contributed by atoms with Crippen LogP contribution in [0.1, 0.15) is 25.3 Å². The van der Waals surface area contributed by atoms with E-state index in [2.05, 4.69) is 24.4 Å². The number of ether oxygens (including phenoxy) is 1. The molecule has 0 saturated carbocycles. The Labute approximate surface area is 120 Å². The third-order valence-corrected chi connectivity index (χ3v) is 4.25. The van der Waals surface area contributed by atoms with E-state index in [9.17, 15) is 4.79 Å². The summed E-state index contributed by atoms with van der Waals surface area (Å²) in [6.45, 7) is 4.41. The molecule has 0 spiro atoms. The minimum atomic E-state index is 0.209. The summed E-state index contributed by atoms with van der Waals surface area (Å²) in [5.41, 5.74) is 2.38. The van der Waals surface area contributed by atoms with Gasteiger partial charge >= 0.3 is 0 Å². The molecule has 0 radical (unpaired) electrons. The number of nitrogens with zero attached hydrogens (tertiary/aromatic N) is 1. The molecule has 4 nitrogen and oxygen atoms in total. The van der Waals surface area contributed by atoms with E-state index in [0.29, 0.717) is 12.6 Å². The topological polar surface area (TPSA) is 46.2 Å². The molecule has 0 aromatic heterocycles. The quantitative estimate of drug-likeness (QED) is 0.879. The Morgan fingerprint density at radius 3 is 3.10 bits per heavy atom. The van der Waals surface area contributed by atoms with Crippen molar-refractivity contribution in [3.63, 3.8) is 0 Å². The lowest BCUT2D eigenvalue weighted by Crippen LogP contribution is -2.88. The second-order valence-corrected chi connectivity index (χ2v) is 5.81. The number of carbonyl (C=O) groups excluding carboxylic acids is 1. The highest BCUT2D eigenvalue weighted by Gasteiger charge is 2.31. The molecule has 1 fully saturated rings. The standard InChI is InChI=1S/C16H22N2O2/c1-12-9-13-5-2-3-7-15(13)18(12)16(19)11-17-10-14-6-4-8-20-14/h2-3,5,7,12,14,17H,4,6,8-11H2,1H3/p+1/t12-,14+/m0/s1. The van der Waals surface area contributed by atoms with Gasteiger partial charge in [0, 0.05) is 18.3 Å². The van der Waals surface area contributed by atoms with Crippen LogP contribution in [0, 0.1) is 0 Å². The number of quaternary nitrogens is 1. The molecule has 1 amide bonds. The summed E-state index contributed by atoms with van der Waals surface area (Å²) in [4.78, 5) is 14.4. The highest BCUT2D eigenvalue weighted by atomic mass is 16.5. The molecule has 0 bridgehead atoms. The summed E-state index contributed by atoms with van der Waals surface area (Å²) in [5.74, 6) is 0.209. The molecule has 2 aliphatic rings. The molecule has 3 rings (SSSR count). The van der Waals surface area contributed by atoms with E-state index < -0.39 is 0 Å². The molecule has 4 heteroatoms. The van der Waals surface area contributed by atoms with Crippen LogP contribution in [0.3, 0.4) is 0 Å². The maximum absolute atomic E-state index is 12.4. The van der Waals surface area contributed by atoms with Crippen LogP contribution < -0.4 is 10.2 Å². The molecule has 0 aliphatic carbocycles. The largest absolute Gasteiger partial charge is 0.372 e. The van der Waals surface area contributed by atoms with Gasteiger partial charge in [0.15, 0.2) is 6.54 Å². The number of benzene rings is 1. The van der Waals surface area contributed by atoms with E-state index in [4.69, 9.17) is 4.74 Å². The fourth-order valence-electron chi connectivity index (χ4n) is 3.27. The summed E-state index contributed by atoms with van der Waals surface area (Å²) in [6.07, 6.45) is 3.59. The number of amides is 1. The van der Waals surface area contributed by atoms with Crippen LogP contribution in [0.4, 0.5) is 5.69 Å². The maximum Gasteiger partial charge on any atom is 0.282 e. The Morgan fingerprint density at radius 2 is 2.30 bits per heavy atom. The highest BCUT2D eigenvalue weighted by Crippen LogP contribution is 2.31. The van der Waals surface area contributed by atoms with Crippen LogP contribution in [0.25, 0.3) is 0 Å². The maximum atomic E-state index is 12.4. The van der Waals surface area contributed by atoms with Crippen LogP contribution in [0.5, 0.6) is 0 Å². The van der Waals surface area contributed by atoms with Gasteiger partial charge in [-0.05, 0) is 37.8 Å². The predicted octanol–water partition coefficient (Wildman–Crippen LogP) is 0.707. The highest BCUT2D eigenvalue weighted by molar-refractivity contribution is 5.96. The summed E-state index contributed by atoms with van der Waals surface area (Å²) >= 11 is 0. The van der Waals surface area contributed by atoms with Crippen molar-refractivity contribution < 1.29 is 14.8 Å². The van der Waals surface area contributed by atoms with E-state index >= 15 is 0 Å². The van der Waals surface area contributed by atoms with Gasteiger partial charge in [-0.1, -0.05) is 18.2 Å². The Balaban J connectivity index is 1.56. The van der Waals surface area contributed by atoms with E-state index in [-0.39, 0.29) is 11.9 Å². The van der Waals surface area contributed by atoms with Gasteiger partial charge in [-0.25, -0.2) is 0 Å². The second-order valence-electron chi connectivity index (χ2n) is 5.81. The van der Waals surface area contributed by atoms with Crippen LogP contribution in [0.2, 0.25) is 0 Å². The third kappa shape index (κ3) is 2.72. The number of rotatable bonds is 4. The van der Waals surface area contributed by atoms with Gasteiger partial charge in [-0.15, -0.1) is 0 Å². The van der Waals surface area contributed by atoms with Crippen molar-refractivity contribution in [2.45, 2.75) is 38.3 Å². The molecular weight excluding hydrogens is 252 g/mol. The number of anilines is 1. The zero-order valence-corrected chi connectivity index (χ0v) is 12.0. The molecule has 2 atom stereocenters. The van der Waals surface area contributed by atoms with Gasteiger partial charge in [0.1, 0.15) is 12.6 Å². The molecule has 108 valence electrons. The summed E-state index contributed by atoms with van der Waals surface area (Å²) in [6, 6.07) is 8.50. The summed E-state index contributed by atoms with van der Waals surface area (Å²) < 4.78 is 5.58. The fraction of sp³-hybridized carbons (Fsp3) is 0.562. The first kappa shape index (κ1) is 13.6. The number of nitrogens with two attached hydrogens (primary N) is 1. The van der Waals surface area contributed by atoms with E-state index in [1.54, 1.807) is 0 Å². The van der Waals surface area contributed by atoms with Crippen molar-refractivity contribution in [3.05, 3.63) is 29.8 Å². The Kier molecular flexibility index (Phi) is 4.03. The van der Waals surface area contributed by atoms with Crippen molar-refractivity contribution in [1.29, 1.82) is 0 Å². The predicted molar refractivity (Wildman–Crippen MR) is 77.7 cm³/mol. The molecule has 0 unspecified atom stereocenters. The monoisotopic (exact) mass is 275 g/mol. The lowest BCUT2D eigenvalue weighted by Gasteiger charge is -2.22. The first-order valence-corrected chi connectivity index (χ1v) is 7.59. The SMILES string of the molecule is C[C@H]1Cc2ccccc2N1C(=O)C[NH2+]C[C@H]1CCCO1. The van der Waals surface area contributed by atoms with Crippen LogP contribution in [0.15, 0.2) is 24.3 Å². The van der Waals surface area contributed by atoms with Crippen LogP contribution >= 0.6 is 0 Å². The number of carbonyl (C=O) groups is 1. The third-order valence-electron chi connectivity index (χ3n) is 4.25. The summed E-state index contributed by atoms with van der Waals surface area (Å²) in [7, 11) is 0. The van der Waals surface area contributed by atoms with Gasteiger partial charge in [0.2, 0.25) is 0 Å². The zero-order valence-electron chi connectivity index (χ0n) is 12.0. The molecule has 1 saturated heterocycles. The fourth-order valence-corrected chi connectivity index (χ4v) is 3.27. The molecule has 20 heavy (non-hydrogen) atoms. The minimum Gasteiger partial charge on any atom is -0.372 e. The lowest BCUT2D eigenvalue weighted by atomic mass is 10.1. The van der Waals surface area contributed by atoms with Crippen molar-refractivity contribution in [2.75, 3.05) is 24.6 Å². The lowest BCUT2D eigenvalue weighted by molar-refractivity contribution is -0.650. The minimum absolute atomic E-state index is 0.209. The smallest absolute Gasteiger partial charge is 0.282 e. The average molecular weight is 275 g/mol. The van der Waals surface area contributed by atoms with Crippen molar-refractivity contribution in [1.82, 2.24) is 0 Å². The van der Waals surface area contributed by atoms with Crippen molar-refractivity contribution >= 4 is 11.6 Å². The van der Waals surface area contributed by atoms with Gasteiger partial charge in [0.25, 0.3) is 5.91 Å². The number of hydrogen-bond acceptors (Lipinski definition) is 2. The van der Waals surface area contributed by atoms with E-state index in [1.165, 1.54) is 5.56 Å². The Morgan fingerprint density at radius 1 is 1.45 bits per heavy atom. The molecular formula is C16H23N2O2+. The number of hydrogen-bond donors (Lipinski definition) is 1. The van der Waals surface area contributed by atoms with Gasteiger partial charge in [0.05, 0.1) is 0 Å². The Hall–Kier alpha value is -1.39. The van der Waals surface area contributed by atoms with Gasteiger partial charge in [-0.3, -0.25) is 4.79 Å². The van der Waals surface area contributed by atoms with Gasteiger partial charge < -0.3 is 15.0 Å². The molecule has 2 aliphatic heterocycles. The van der Waals surface area contributed by atoms with Crippen LogP contribution in [-0.4, -0.2) is 37.7 Å².